The van der Waals surface area contributed by atoms with Crippen molar-refractivity contribution in [1.29, 1.82) is 0 Å². The lowest BCUT2D eigenvalue weighted by atomic mass is 10.1. The first-order valence-electron chi connectivity index (χ1n) is 5.81. The average molecular weight is 280 g/mol. The first-order chi connectivity index (χ1) is 8.56. The molecule has 0 bridgehead atoms. The maximum atomic E-state index is 5.99. The monoisotopic (exact) mass is 279 g/mol. The van der Waals surface area contributed by atoms with E-state index in [-0.39, 0.29) is 0 Å². The zero-order valence-electron chi connectivity index (χ0n) is 10.4. The van der Waals surface area contributed by atoms with Crippen LogP contribution in [0.2, 0.25) is 10.0 Å². The van der Waals surface area contributed by atoms with Gasteiger partial charge in [-0.3, -0.25) is 0 Å². The minimum Gasteiger partial charge on any atom is -0.381 e. The number of aryl methyl sites for hydroxylation is 2. The standard InChI is InChI=1S/C15H15Cl2N/c1-10-3-6-15(11(2)7-10)18-9-12-4-5-13(16)14(17)8-12/h3-8,18H,9H2,1-2H3. The van der Waals surface area contributed by atoms with Crippen molar-refractivity contribution in [2.24, 2.45) is 0 Å². The second-order valence-corrected chi connectivity index (χ2v) is 5.23. The third-order valence-electron chi connectivity index (χ3n) is 2.85. The molecule has 0 fully saturated rings. The molecule has 0 aromatic heterocycles. The lowest BCUT2D eigenvalue weighted by Gasteiger charge is -2.10. The number of rotatable bonds is 3. The molecule has 2 aromatic rings. The van der Waals surface area contributed by atoms with Crippen LogP contribution in [0.4, 0.5) is 5.69 Å². The molecule has 0 aliphatic carbocycles. The van der Waals surface area contributed by atoms with Crippen molar-refractivity contribution in [3.8, 4) is 0 Å². The van der Waals surface area contributed by atoms with Crippen LogP contribution < -0.4 is 5.32 Å². The molecule has 0 atom stereocenters. The van der Waals surface area contributed by atoms with Gasteiger partial charge in [0.15, 0.2) is 0 Å². The van der Waals surface area contributed by atoms with Crippen molar-refractivity contribution < 1.29 is 0 Å². The number of benzene rings is 2. The van der Waals surface area contributed by atoms with E-state index >= 15 is 0 Å². The Labute approximate surface area is 118 Å². The highest BCUT2D eigenvalue weighted by molar-refractivity contribution is 6.42. The third-order valence-corrected chi connectivity index (χ3v) is 3.59. The quantitative estimate of drug-likeness (QED) is 0.812. The van der Waals surface area contributed by atoms with E-state index in [1.807, 2.05) is 18.2 Å². The van der Waals surface area contributed by atoms with E-state index in [1.54, 1.807) is 0 Å². The fraction of sp³-hybridized carbons (Fsp3) is 0.200. The molecule has 1 N–H and O–H groups in total. The highest BCUT2D eigenvalue weighted by Crippen LogP contribution is 2.23. The molecule has 2 rings (SSSR count). The predicted octanol–water partition coefficient (Wildman–Crippen LogP) is 5.22. The molecule has 0 spiro atoms. The van der Waals surface area contributed by atoms with E-state index in [4.69, 9.17) is 23.2 Å². The summed E-state index contributed by atoms with van der Waals surface area (Å²) in [6, 6.07) is 12.1. The summed E-state index contributed by atoms with van der Waals surface area (Å²) in [6.45, 7) is 4.93. The largest absolute Gasteiger partial charge is 0.381 e. The molecule has 2 aromatic carbocycles. The molecule has 94 valence electrons. The van der Waals surface area contributed by atoms with Gasteiger partial charge < -0.3 is 5.32 Å². The van der Waals surface area contributed by atoms with Crippen LogP contribution in [0.1, 0.15) is 16.7 Å². The molecular formula is C15H15Cl2N. The van der Waals surface area contributed by atoms with Crippen molar-refractivity contribution in [3.63, 3.8) is 0 Å². The molecular weight excluding hydrogens is 265 g/mol. The highest BCUT2D eigenvalue weighted by Gasteiger charge is 2.01. The zero-order chi connectivity index (χ0) is 13.1. The number of nitrogens with one attached hydrogen (secondary N) is 1. The van der Waals surface area contributed by atoms with Gasteiger partial charge in [-0.1, -0.05) is 47.0 Å². The van der Waals surface area contributed by atoms with Gasteiger partial charge in [0.2, 0.25) is 0 Å². The summed E-state index contributed by atoms with van der Waals surface area (Å²) in [7, 11) is 0. The molecule has 0 unspecified atom stereocenters. The summed E-state index contributed by atoms with van der Waals surface area (Å²) >= 11 is 11.9. The van der Waals surface area contributed by atoms with Crippen molar-refractivity contribution >= 4 is 28.9 Å². The molecule has 0 aliphatic rings. The van der Waals surface area contributed by atoms with E-state index < -0.39 is 0 Å². The summed E-state index contributed by atoms with van der Waals surface area (Å²) in [4.78, 5) is 0. The van der Waals surface area contributed by atoms with Gasteiger partial charge in [0.1, 0.15) is 0 Å². The first-order valence-corrected chi connectivity index (χ1v) is 6.57. The van der Waals surface area contributed by atoms with Crippen molar-refractivity contribution in [2.75, 3.05) is 5.32 Å². The Morgan fingerprint density at radius 1 is 0.944 bits per heavy atom. The number of hydrogen-bond acceptors (Lipinski definition) is 1. The Hall–Kier alpha value is -1.18. The van der Waals surface area contributed by atoms with Crippen LogP contribution in [0.5, 0.6) is 0 Å². The topological polar surface area (TPSA) is 12.0 Å². The summed E-state index contributed by atoms with van der Waals surface area (Å²) in [5, 5.41) is 4.59. The van der Waals surface area contributed by atoms with Crippen LogP contribution in [0.15, 0.2) is 36.4 Å². The SMILES string of the molecule is Cc1ccc(NCc2ccc(Cl)c(Cl)c2)c(C)c1. The zero-order valence-corrected chi connectivity index (χ0v) is 11.9. The molecule has 0 amide bonds. The molecule has 0 heterocycles. The van der Waals surface area contributed by atoms with Gasteiger partial charge in [0, 0.05) is 12.2 Å². The van der Waals surface area contributed by atoms with Gasteiger partial charge in [-0.05, 0) is 43.2 Å². The maximum Gasteiger partial charge on any atom is 0.0595 e. The number of hydrogen-bond donors (Lipinski definition) is 1. The first kappa shape index (κ1) is 13.3. The Bertz CT molecular complexity index is 564. The third kappa shape index (κ3) is 3.18. The second kappa shape index (κ2) is 5.64. The fourth-order valence-electron chi connectivity index (χ4n) is 1.86. The van der Waals surface area contributed by atoms with Crippen molar-refractivity contribution in [1.82, 2.24) is 0 Å². The van der Waals surface area contributed by atoms with E-state index in [0.717, 1.165) is 17.8 Å². The molecule has 18 heavy (non-hydrogen) atoms. The minimum absolute atomic E-state index is 0.590. The van der Waals surface area contributed by atoms with Gasteiger partial charge in [-0.2, -0.15) is 0 Å². The summed E-state index contributed by atoms with van der Waals surface area (Å²) in [5.41, 5.74) is 4.78. The van der Waals surface area contributed by atoms with Crippen LogP contribution >= 0.6 is 23.2 Å². The smallest absolute Gasteiger partial charge is 0.0595 e. The van der Waals surface area contributed by atoms with Crippen molar-refractivity contribution in [3.05, 3.63) is 63.1 Å². The Kier molecular flexibility index (Phi) is 4.15. The lowest BCUT2D eigenvalue weighted by molar-refractivity contribution is 1.14. The average Bonchev–Trinajstić information content (AvgIpc) is 2.32. The van der Waals surface area contributed by atoms with Crippen LogP contribution in [-0.4, -0.2) is 0 Å². The normalized spacial score (nSPS) is 10.4. The summed E-state index contributed by atoms with van der Waals surface area (Å²) in [6.07, 6.45) is 0. The molecule has 3 heteroatoms. The summed E-state index contributed by atoms with van der Waals surface area (Å²) in [5.74, 6) is 0. The molecule has 0 saturated heterocycles. The highest BCUT2D eigenvalue weighted by atomic mass is 35.5. The summed E-state index contributed by atoms with van der Waals surface area (Å²) < 4.78 is 0. The van der Waals surface area contributed by atoms with Crippen LogP contribution in [0.25, 0.3) is 0 Å². The van der Waals surface area contributed by atoms with Gasteiger partial charge in [0.25, 0.3) is 0 Å². The van der Waals surface area contributed by atoms with Crippen LogP contribution in [0, 0.1) is 13.8 Å². The molecule has 1 nitrogen and oxygen atoms in total. The molecule has 0 aliphatic heterocycles. The van der Waals surface area contributed by atoms with E-state index in [0.29, 0.717) is 10.0 Å². The van der Waals surface area contributed by atoms with E-state index in [1.165, 1.54) is 11.1 Å². The predicted molar refractivity (Wildman–Crippen MR) is 79.7 cm³/mol. The number of halogens is 2. The Morgan fingerprint density at radius 2 is 1.72 bits per heavy atom. The van der Waals surface area contributed by atoms with Crippen LogP contribution in [-0.2, 0) is 6.54 Å². The lowest BCUT2D eigenvalue weighted by Crippen LogP contribution is -2.01. The minimum atomic E-state index is 0.590. The van der Waals surface area contributed by atoms with Gasteiger partial charge in [-0.25, -0.2) is 0 Å². The van der Waals surface area contributed by atoms with Gasteiger partial charge in [0.05, 0.1) is 10.0 Å². The second-order valence-electron chi connectivity index (χ2n) is 4.42. The maximum absolute atomic E-state index is 5.99. The fourth-order valence-corrected chi connectivity index (χ4v) is 2.18. The van der Waals surface area contributed by atoms with E-state index in [2.05, 4.69) is 37.4 Å². The Morgan fingerprint density at radius 3 is 2.39 bits per heavy atom. The molecule has 0 saturated carbocycles. The van der Waals surface area contributed by atoms with Crippen molar-refractivity contribution in [2.45, 2.75) is 20.4 Å². The number of anilines is 1. The van der Waals surface area contributed by atoms with Gasteiger partial charge in [-0.15, -0.1) is 0 Å². The molecule has 0 radical (unpaired) electrons. The van der Waals surface area contributed by atoms with E-state index in [9.17, 15) is 0 Å². The van der Waals surface area contributed by atoms with Crippen LogP contribution in [0.3, 0.4) is 0 Å². The Balaban J connectivity index is 2.09. The van der Waals surface area contributed by atoms with Gasteiger partial charge >= 0.3 is 0 Å².